The number of nitro benzene ring substituents is 1. The maximum atomic E-state index is 13.3. The van der Waals surface area contributed by atoms with Crippen LogP contribution >= 0.6 is 0 Å². The first-order valence-corrected chi connectivity index (χ1v) is 8.60. The van der Waals surface area contributed by atoms with Crippen LogP contribution in [0.3, 0.4) is 0 Å². The van der Waals surface area contributed by atoms with Gasteiger partial charge in [-0.25, -0.2) is 9.37 Å². The lowest BCUT2D eigenvalue weighted by Gasteiger charge is -2.02. The number of non-ortho nitro benzene ring substituents is 1. The summed E-state index contributed by atoms with van der Waals surface area (Å²) in [6, 6.07) is 12.2. The van der Waals surface area contributed by atoms with E-state index in [9.17, 15) is 14.5 Å². The van der Waals surface area contributed by atoms with E-state index in [1.807, 2.05) is 6.92 Å². The van der Waals surface area contributed by atoms with Crippen LogP contribution in [0, 0.1) is 15.9 Å². The molecule has 28 heavy (non-hydrogen) atoms. The molecule has 2 aromatic heterocycles. The van der Waals surface area contributed by atoms with E-state index >= 15 is 0 Å². The number of nitrogens with zero attached hydrogens (tertiary/aromatic N) is 4. The fraction of sp³-hybridized carbons (Fsp3) is 0.100. The zero-order valence-electron chi connectivity index (χ0n) is 14.9. The Bertz CT molecular complexity index is 1130. The van der Waals surface area contributed by atoms with Gasteiger partial charge in [-0.2, -0.15) is 0 Å². The highest BCUT2D eigenvalue weighted by Gasteiger charge is 2.20. The summed E-state index contributed by atoms with van der Waals surface area (Å²) in [6.45, 7) is 1.95. The van der Waals surface area contributed by atoms with Crippen molar-refractivity contribution in [2.45, 2.75) is 13.3 Å². The highest BCUT2D eigenvalue weighted by Crippen LogP contribution is 2.34. The summed E-state index contributed by atoms with van der Waals surface area (Å²) in [5.41, 5.74) is 3.47. The van der Waals surface area contributed by atoms with Crippen LogP contribution in [0.5, 0.6) is 0 Å². The van der Waals surface area contributed by atoms with Crippen LogP contribution in [0.1, 0.15) is 12.7 Å². The Kier molecular flexibility index (Phi) is 4.44. The predicted molar refractivity (Wildman–Crippen MR) is 100 cm³/mol. The van der Waals surface area contributed by atoms with Crippen LogP contribution in [0.2, 0.25) is 0 Å². The van der Waals surface area contributed by atoms with Crippen molar-refractivity contribution in [2.75, 3.05) is 0 Å². The number of halogens is 1. The molecule has 140 valence electrons. The van der Waals surface area contributed by atoms with Gasteiger partial charge < -0.3 is 9.09 Å². The van der Waals surface area contributed by atoms with Gasteiger partial charge in [-0.1, -0.05) is 12.1 Å². The third-order valence-corrected chi connectivity index (χ3v) is 4.40. The first kappa shape index (κ1) is 17.6. The van der Waals surface area contributed by atoms with E-state index in [2.05, 4.69) is 10.1 Å². The molecule has 7 nitrogen and oxygen atoms in total. The molecule has 0 radical (unpaired) electrons. The molecule has 0 aliphatic carbocycles. The third-order valence-electron chi connectivity index (χ3n) is 4.40. The summed E-state index contributed by atoms with van der Waals surface area (Å²) in [5, 5.41) is 15.0. The molecule has 2 heterocycles. The molecule has 4 rings (SSSR count). The van der Waals surface area contributed by atoms with Gasteiger partial charge in [0.1, 0.15) is 17.3 Å². The normalized spacial score (nSPS) is 10.9. The van der Waals surface area contributed by atoms with E-state index < -0.39 is 4.92 Å². The van der Waals surface area contributed by atoms with Crippen molar-refractivity contribution in [1.82, 2.24) is 14.7 Å². The van der Waals surface area contributed by atoms with E-state index in [4.69, 9.17) is 4.52 Å². The molecule has 0 aliphatic heterocycles. The Morgan fingerprint density at radius 3 is 2.50 bits per heavy atom. The van der Waals surface area contributed by atoms with Crippen LogP contribution in [0.15, 0.2) is 65.6 Å². The van der Waals surface area contributed by atoms with E-state index in [0.29, 0.717) is 23.6 Å². The van der Waals surface area contributed by atoms with E-state index in [-0.39, 0.29) is 11.5 Å². The van der Waals surface area contributed by atoms with Gasteiger partial charge in [0.05, 0.1) is 22.5 Å². The van der Waals surface area contributed by atoms with Gasteiger partial charge in [0, 0.05) is 36.0 Å². The molecule has 0 spiro atoms. The minimum absolute atomic E-state index is 0.0231. The summed E-state index contributed by atoms with van der Waals surface area (Å²) < 4.78 is 20.5. The Hall–Kier alpha value is -3.81. The molecule has 0 unspecified atom stereocenters. The van der Waals surface area contributed by atoms with Crippen LogP contribution < -0.4 is 0 Å². The molecule has 0 atom stereocenters. The molecule has 0 saturated carbocycles. The Morgan fingerprint density at radius 1 is 1.14 bits per heavy atom. The van der Waals surface area contributed by atoms with Crippen LogP contribution in [0.25, 0.3) is 28.2 Å². The molecule has 4 aromatic rings. The van der Waals surface area contributed by atoms with E-state index in [1.54, 1.807) is 41.4 Å². The summed E-state index contributed by atoms with van der Waals surface area (Å²) in [4.78, 5) is 14.8. The summed E-state index contributed by atoms with van der Waals surface area (Å²) >= 11 is 0. The molecule has 0 bridgehead atoms. The first-order valence-electron chi connectivity index (χ1n) is 8.60. The minimum Gasteiger partial charge on any atom is -0.360 e. The van der Waals surface area contributed by atoms with Crippen LogP contribution in [-0.4, -0.2) is 19.6 Å². The van der Waals surface area contributed by atoms with Gasteiger partial charge in [0.25, 0.3) is 5.69 Å². The fourth-order valence-electron chi connectivity index (χ4n) is 2.97. The average Bonchev–Trinajstić information content (AvgIpc) is 3.35. The molecule has 0 fully saturated rings. The van der Waals surface area contributed by atoms with Gasteiger partial charge in [0.2, 0.25) is 0 Å². The SMILES string of the molecule is CCc1onc(-c2ccc(F)cc2)c1-c1cn(-c2ccc([N+](=O)[O-])cc2)cn1. The zero-order chi connectivity index (χ0) is 19.7. The van der Waals surface area contributed by atoms with Gasteiger partial charge in [-0.15, -0.1) is 0 Å². The molecule has 0 N–H and O–H groups in total. The Balaban J connectivity index is 1.75. The number of rotatable bonds is 5. The second-order valence-electron chi connectivity index (χ2n) is 6.13. The van der Waals surface area contributed by atoms with E-state index in [0.717, 1.165) is 16.8 Å². The number of aryl methyl sites for hydroxylation is 1. The van der Waals surface area contributed by atoms with Crippen molar-refractivity contribution in [1.29, 1.82) is 0 Å². The van der Waals surface area contributed by atoms with E-state index in [1.165, 1.54) is 24.3 Å². The summed E-state index contributed by atoms with van der Waals surface area (Å²) in [5.74, 6) is 0.347. The van der Waals surface area contributed by atoms with Gasteiger partial charge in [-0.05, 0) is 36.4 Å². The van der Waals surface area contributed by atoms with Crippen molar-refractivity contribution < 1.29 is 13.8 Å². The number of hydrogen-bond donors (Lipinski definition) is 0. The van der Waals surface area contributed by atoms with Crippen molar-refractivity contribution in [3.63, 3.8) is 0 Å². The number of imidazole rings is 1. The molecular weight excluding hydrogens is 363 g/mol. The lowest BCUT2D eigenvalue weighted by Crippen LogP contribution is -1.92. The number of hydrogen-bond acceptors (Lipinski definition) is 5. The molecule has 2 aromatic carbocycles. The first-order chi connectivity index (χ1) is 13.6. The van der Waals surface area contributed by atoms with Crippen molar-refractivity contribution in [3.05, 3.63) is 82.7 Å². The van der Waals surface area contributed by atoms with Crippen LogP contribution in [-0.2, 0) is 6.42 Å². The molecular formula is C20H15FN4O3. The largest absolute Gasteiger partial charge is 0.360 e. The molecule has 8 heteroatoms. The Morgan fingerprint density at radius 2 is 1.86 bits per heavy atom. The minimum atomic E-state index is -0.442. The van der Waals surface area contributed by atoms with Gasteiger partial charge in [0.15, 0.2) is 0 Å². The molecule has 0 saturated heterocycles. The Labute approximate surface area is 159 Å². The lowest BCUT2D eigenvalue weighted by atomic mass is 10.0. The fourth-order valence-corrected chi connectivity index (χ4v) is 2.97. The highest BCUT2D eigenvalue weighted by atomic mass is 19.1. The van der Waals surface area contributed by atoms with Crippen molar-refractivity contribution in [3.8, 4) is 28.2 Å². The number of aromatic nitrogens is 3. The van der Waals surface area contributed by atoms with Gasteiger partial charge >= 0.3 is 0 Å². The third kappa shape index (κ3) is 3.16. The standard InChI is InChI=1S/C20H15FN4O3/c1-2-18-19(20(23-28-18)13-3-5-14(21)6-4-13)17-11-24(12-22-17)15-7-9-16(10-8-15)25(26)27/h3-12H,2H2,1H3. The lowest BCUT2D eigenvalue weighted by molar-refractivity contribution is -0.384. The number of benzene rings is 2. The highest BCUT2D eigenvalue weighted by molar-refractivity contribution is 5.80. The molecule has 0 amide bonds. The van der Waals surface area contributed by atoms with Crippen molar-refractivity contribution in [2.24, 2.45) is 0 Å². The van der Waals surface area contributed by atoms with Crippen LogP contribution in [0.4, 0.5) is 10.1 Å². The predicted octanol–water partition coefficient (Wildman–Crippen LogP) is 4.80. The summed E-state index contributed by atoms with van der Waals surface area (Å²) in [6.07, 6.45) is 4.05. The van der Waals surface area contributed by atoms with Gasteiger partial charge in [-0.3, -0.25) is 10.1 Å². The van der Waals surface area contributed by atoms with Crippen molar-refractivity contribution >= 4 is 5.69 Å². The summed E-state index contributed by atoms with van der Waals surface area (Å²) in [7, 11) is 0. The maximum Gasteiger partial charge on any atom is 0.269 e. The average molecular weight is 378 g/mol. The molecule has 0 aliphatic rings. The topological polar surface area (TPSA) is 87.0 Å². The second-order valence-corrected chi connectivity index (χ2v) is 6.13. The second kappa shape index (κ2) is 7.07. The monoisotopic (exact) mass is 378 g/mol. The maximum absolute atomic E-state index is 13.3. The smallest absolute Gasteiger partial charge is 0.269 e. The zero-order valence-corrected chi connectivity index (χ0v) is 14.9. The number of nitro groups is 1. The quantitative estimate of drug-likeness (QED) is 0.368.